The Bertz CT molecular complexity index is 355. The summed E-state index contributed by atoms with van der Waals surface area (Å²) in [6.45, 7) is 8.53. The van der Waals surface area contributed by atoms with E-state index in [-0.39, 0.29) is 0 Å². The second-order valence-corrected chi connectivity index (χ2v) is 5.32. The van der Waals surface area contributed by atoms with Gasteiger partial charge in [-0.25, -0.2) is 0 Å². The van der Waals surface area contributed by atoms with Crippen LogP contribution in [0.1, 0.15) is 33.1 Å². The maximum Gasteiger partial charge on any atom is 0.00591 e. The molecule has 0 heterocycles. The lowest BCUT2D eigenvalue weighted by Crippen LogP contribution is -2.61. The molecule has 0 radical (unpaired) electrons. The van der Waals surface area contributed by atoms with E-state index >= 15 is 0 Å². The molecule has 4 unspecified atom stereocenters. The molecule has 4 saturated carbocycles. The van der Waals surface area contributed by atoms with Gasteiger partial charge in [0.25, 0.3) is 0 Å². The fraction of sp³-hybridized carbons (Fsp3) is 0.692. The molecule has 0 N–H and O–H groups in total. The van der Waals surface area contributed by atoms with Crippen molar-refractivity contribution in [2.75, 3.05) is 0 Å². The van der Waals surface area contributed by atoms with Crippen LogP contribution in [0.5, 0.6) is 0 Å². The van der Waals surface area contributed by atoms with Gasteiger partial charge in [-0.3, -0.25) is 0 Å². The molecule has 1 spiro atoms. The van der Waals surface area contributed by atoms with E-state index in [0.717, 1.165) is 11.8 Å². The molecular formula is C13H16. The van der Waals surface area contributed by atoms with E-state index in [1.807, 2.05) is 0 Å². The van der Waals surface area contributed by atoms with Gasteiger partial charge in [-0.15, -0.1) is 0 Å². The Balaban J connectivity index is 2.18. The van der Waals surface area contributed by atoms with Gasteiger partial charge in [-0.2, -0.15) is 0 Å². The fourth-order valence-electron chi connectivity index (χ4n) is 4.54. The predicted octanol–water partition coefficient (Wildman–Crippen LogP) is 3.31. The molecule has 0 heteroatoms. The van der Waals surface area contributed by atoms with E-state index in [4.69, 9.17) is 0 Å². The van der Waals surface area contributed by atoms with Crippen molar-refractivity contribution < 1.29 is 0 Å². The van der Waals surface area contributed by atoms with Crippen molar-refractivity contribution in [3.05, 3.63) is 23.6 Å². The van der Waals surface area contributed by atoms with E-state index in [9.17, 15) is 0 Å². The van der Waals surface area contributed by atoms with Crippen molar-refractivity contribution in [3.63, 3.8) is 0 Å². The minimum Gasteiger partial charge on any atom is -0.0782 e. The van der Waals surface area contributed by atoms with Crippen LogP contribution in [0, 0.1) is 22.7 Å². The van der Waals surface area contributed by atoms with Gasteiger partial charge in [0, 0.05) is 5.41 Å². The molecule has 2 bridgehead atoms. The van der Waals surface area contributed by atoms with Gasteiger partial charge in [-0.05, 0) is 48.7 Å². The molecule has 4 atom stereocenters. The number of hydrogen-bond donors (Lipinski definition) is 0. The average Bonchev–Trinajstić information content (AvgIpc) is 2.32. The van der Waals surface area contributed by atoms with Crippen molar-refractivity contribution in [3.8, 4) is 0 Å². The minimum atomic E-state index is 0.569. The lowest BCUT2D eigenvalue weighted by Gasteiger charge is -2.67. The number of fused-ring (bicyclic) bond motifs is 1. The molecule has 0 saturated heterocycles. The van der Waals surface area contributed by atoms with E-state index in [1.54, 1.807) is 0 Å². The summed E-state index contributed by atoms with van der Waals surface area (Å²) in [6, 6.07) is 0. The van der Waals surface area contributed by atoms with Crippen molar-refractivity contribution in [1.82, 2.24) is 0 Å². The highest BCUT2D eigenvalue weighted by Crippen LogP contribution is 2.84. The minimum absolute atomic E-state index is 0.569. The molecule has 0 aromatic heterocycles. The summed E-state index contributed by atoms with van der Waals surface area (Å²) in [7, 11) is 0. The molecule has 0 aromatic carbocycles. The summed E-state index contributed by atoms with van der Waals surface area (Å²) in [4.78, 5) is 0. The molecule has 0 aliphatic heterocycles. The lowest BCUT2D eigenvalue weighted by atomic mass is 9.37. The maximum absolute atomic E-state index is 3.65. The van der Waals surface area contributed by atoms with Gasteiger partial charge in [0.1, 0.15) is 0 Å². The first-order valence-electron chi connectivity index (χ1n) is 5.30. The Morgan fingerprint density at radius 2 is 2.31 bits per heavy atom. The smallest absolute Gasteiger partial charge is 0.00591 e. The third kappa shape index (κ3) is 0.521. The van der Waals surface area contributed by atoms with Crippen LogP contribution in [0.4, 0.5) is 0 Å². The van der Waals surface area contributed by atoms with Gasteiger partial charge in [0.2, 0.25) is 0 Å². The van der Waals surface area contributed by atoms with Crippen LogP contribution in [-0.2, 0) is 0 Å². The summed E-state index contributed by atoms with van der Waals surface area (Å²) in [5.74, 6) is 1.86. The molecule has 4 aliphatic rings. The molecule has 0 nitrogen and oxygen atoms in total. The van der Waals surface area contributed by atoms with Crippen molar-refractivity contribution in [1.29, 1.82) is 0 Å². The van der Waals surface area contributed by atoms with E-state index < -0.39 is 0 Å². The predicted molar refractivity (Wildman–Crippen MR) is 53.2 cm³/mol. The van der Waals surface area contributed by atoms with Crippen LogP contribution in [0.15, 0.2) is 23.6 Å². The van der Waals surface area contributed by atoms with Crippen LogP contribution in [0.25, 0.3) is 0 Å². The summed E-state index contributed by atoms with van der Waals surface area (Å²) >= 11 is 0. The molecule has 68 valence electrons. The molecule has 4 rings (SSSR count). The van der Waals surface area contributed by atoms with Crippen LogP contribution < -0.4 is 0 Å². The molecule has 4 aliphatic carbocycles. The zero-order valence-corrected chi connectivity index (χ0v) is 8.48. The zero-order valence-electron chi connectivity index (χ0n) is 8.48. The van der Waals surface area contributed by atoms with Crippen molar-refractivity contribution in [2.45, 2.75) is 33.1 Å². The van der Waals surface area contributed by atoms with Crippen LogP contribution in [-0.4, -0.2) is 0 Å². The van der Waals surface area contributed by atoms with E-state index in [2.05, 4.69) is 31.9 Å². The SMILES string of the molecule is C=C=C=C1CC2(C)C(C)C13CCC23. The monoisotopic (exact) mass is 172 g/mol. The Kier molecular flexibility index (Phi) is 1.11. The Labute approximate surface area is 80.0 Å². The number of hydrogen-bond acceptors (Lipinski definition) is 0. The van der Waals surface area contributed by atoms with Crippen LogP contribution in [0.3, 0.4) is 0 Å². The first-order chi connectivity index (χ1) is 6.16. The van der Waals surface area contributed by atoms with Gasteiger partial charge in [0.05, 0.1) is 0 Å². The van der Waals surface area contributed by atoms with E-state index in [0.29, 0.717) is 10.8 Å². The first-order valence-corrected chi connectivity index (χ1v) is 5.30. The summed E-state index contributed by atoms with van der Waals surface area (Å²) in [5, 5.41) is 0. The quantitative estimate of drug-likeness (QED) is 0.492. The normalized spacial score (nSPS) is 55.7. The lowest BCUT2D eigenvalue weighted by molar-refractivity contribution is -0.180. The van der Waals surface area contributed by atoms with Crippen molar-refractivity contribution >= 4 is 0 Å². The highest BCUT2D eigenvalue weighted by Gasteiger charge is 2.77. The topological polar surface area (TPSA) is 0 Å². The maximum atomic E-state index is 3.65. The molecular weight excluding hydrogens is 156 g/mol. The van der Waals surface area contributed by atoms with Gasteiger partial charge >= 0.3 is 0 Å². The molecule has 0 aromatic rings. The van der Waals surface area contributed by atoms with Crippen LogP contribution >= 0.6 is 0 Å². The highest BCUT2D eigenvalue weighted by molar-refractivity contribution is 5.40. The molecule has 4 fully saturated rings. The second kappa shape index (κ2) is 1.87. The Morgan fingerprint density at radius 1 is 1.54 bits per heavy atom. The van der Waals surface area contributed by atoms with Crippen molar-refractivity contribution in [2.24, 2.45) is 22.7 Å². The number of rotatable bonds is 0. The summed E-state index contributed by atoms with van der Waals surface area (Å²) in [5.41, 5.74) is 8.83. The molecule has 0 amide bonds. The van der Waals surface area contributed by atoms with Crippen LogP contribution in [0.2, 0.25) is 0 Å². The second-order valence-electron chi connectivity index (χ2n) is 5.32. The first kappa shape index (κ1) is 7.68. The van der Waals surface area contributed by atoms with E-state index in [1.165, 1.54) is 24.8 Å². The van der Waals surface area contributed by atoms with Gasteiger partial charge in [0.15, 0.2) is 0 Å². The molecule has 13 heavy (non-hydrogen) atoms. The largest absolute Gasteiger partial charge is 0.0782 e. The zero-order chi connectivity index (χ0) is 9.27. The number of allylic oxidation sites excluding steroid dienone is 1. The third-order valence-corrected chi connectivity index (χ3v) is 5.39. The third-order valence-electron chi connectivity index (χ3n) is 5.39. The Hall–Kier alpha value is -0.700. The fourth-order valence-corrected chi connectivity index (χ4v) is 4.54. The Morgan fingerprint density at radius 3 is 2.69 bits per heavy atom. The highest BCUT2D eigenvalue weighted by atomic mass is 14.8. The van der Waals surface area contributed by atoms with Gasteiger partial charge in [-0.1, -0.05) is 25.3 Å². The summed E-state index contributed by atoms with van der Waals surface area (Å²) < 4.78 is 0. The summed E-state index contributed by atoms with van der Waals surface area (Å²) in [6.07, 6.45) is 4.11. The van der Waals surface area contributed by atoms with Gasteiger partial charge < -0.3 is 0 Å². The standard InChI is InChI=1S/C13H16/c1-4-5-10-8-12(3)9(2)13(10)7-6-11(12)13/h9,11H,1,6-8H2,2-3H3. The average molecular weight is 172 g/mol.